The third-order valence-corrected chi connectivity index (χ3v) is 10.3. The number of aromatic nitrogens is 8. The molecule has 17 nitrogen and oxygen atoms in total. The molecule has 2 radical (unpaired) electrons. The first kappa shape index (κ1) is 30.4. The van der Waals surface area contributed by atoms with Gasteiger partial charge in [-0.05, 0) is 32.1 Å². The van der Waals surface area contributed by atoms with E-state index in [-0.39, 0.29) is 24.4 Å². The van der Waals surface area contributed by atoms with Crippen molar-refractivity contribution in [2.45, 2.75) is 56.1 Å². The zero-order chi connectivity index (χ0) is 33.0. The van der Waals surface area contributed by atoms with E-state index in [0.29, 0.717) is 59.2 Å². The number of piperidine rings is 1. The highest BCUT2D eigenvalue weighted by Gasteiger charge is 2.49. The third kappa shape index (κ3) is 5.13. The van der Waals surface area contributed by atoms with Gasteiger partial charge in [-0.2, -0.15) is 5.10 Å². The highest BCUT2D eigenvalue weighted by molar-refractivity contribution is 6.33. The maximum absolute atomic E-state index is 14.6. The van der Waals surface area contributed by atoms with E-state index < -0.39 is 17.4 Å². The van der Waals surface area contributed by atoms with Crippen molar-refractivity contribution in [1.29, 1.82) is 0 Å². The number of ether oxygens (including phenoxy) is 2. The normalized spacial score (nSPS) is 26.3. The van der Waals surface area contributed by atoms with Gasteiger partial charge >= 0.3 is 0 Å². The Kier molecular flexibility index (Phi) is 7.69. The lowest BCUT2D eigenvalue weighted by Gasteiger charge is -2.40. The summed E-state index contributed by atoms with van der Waals surface area (Å²) in [6.07, 6.45) is 13.6. The van der Waals surface area contributed by atoms with Crippen LogP contribution in [-0.4, -0.2) is 84.7 Å². The Morgan fingerprint density at radius 1 is 0.980 bits per heavy atom. The second-order valence-electron chi connectivity index (χ2n) is 12.6. The molecular formula is C31H31ClN10O7. The predicted molar refractivity (Wildman–Crippen MR) is 164 cm³/mol. The number of halogens is 1. The van der Waals surface area contributed by atoms with E-state index in [2.05, 4.69) is 41.0 Å². The molecule has 18 heteroatoms. The molecule has 1 amide bonds. The van der Waals surface area contributed by atoms with Crippen molar-refractivity contribution in [3.05, 3.63) is 71.3 Å². The number of amides is 1. The summed E-state index contributed by atoms with van der Waals surface area (Å²) >= 11 is 6.89. The van der Waals surface area contributed by atoms with Crippen LogP contribution in [0.2, 0.25) is 5.02 Å². The Morgan fingerprint density at radius 2 is 1.82 bits per heavy atom. The van der Waals surface area contributed by atoms with E-state index in [9.17, 15) is 4.79 Å². The molecule has 5 aromatic heterocycles. The first-order valence-electron chi connectivity index (χ1n) is 16.3. The van der Waals surface area contributed by atoms with Crippen LogP contribution in [0.4, 0.5) is 5.69 Å². The summed E-state index contributed by atoms with van der Waals surface area (Å²) in [4.78, 5) is 23.6. The highest BCUT2D eigenvalue weighted by atomic mass is 35.5. The number of hydrogen-bond acceptors (Lipinski definition) is 15. The van der Waals surface area contributed by atoms with Gasteiger partial charge in [0.25, 0.3) is 0 Å². The Balaban J connectivity index is 1.03. The van der Waals surface area contributed by atoms with Crippen LogP contribution >= 0.6 is 11.6 Å². The number of H-pyrrole nitrogens is 1. The van der Waals surface area contributed by atoms with Crippen molar-refractivity contribution in [1.82, 2.24) is 46.0 Å². The number of anilines is 1. The third-order valence-electron chi connectivity index (χ3n) is 9.98. The van der Waals surface area contributed by atoms with Gasteiger partial charge in [0.05, 0.1) is 41.8 Å². The van der Waals surface area contributed by atoms with Crippen LogP contribution in [0.5, 0.6) is 0 Å². The number of nitrogens with one attached hydrogen (secondary N) is 1. The monoisotopic (exact) mass is 690 g/mol. The molecule has 1 N–H and O–H groups in total. The van der Waals surface area contributed by atoms with Gasteiger partial charge in [-0.3, -0.25) is 9.89 Å². The molecule has 254 valence electrons. The number of oxazole rings is 1. The summed E-state index contributed by atoms with van der Waals surface area (Å²) < 4.78 is 33.5. The van der Waals surface area contributed by atoms with Crippen molar-refractivity contribution in [3.63, 3.8) is 0 Å². The fraction of sp³-hybridized carbons (Fsp3) is 0.484. The van der Waals surface area contributed by atoms with Crippen LogP contribution in [0, 0.1) is 18.4 Å². The fourth-order valence-electron chi connectivity index (χ4n) is 7.36. The summed E-state index contributed by atoms with van der Waals surface area (Å²) in [6, 6.07) is -0.233. The van der Waals surface area contributed by atoms with Crippen LogP contribution in [-0.2, 0) is 19.9 Å². The molecule has 49 heavy (non-hydrogen) atoms. The lowest BCUT2D eigenvalue weighted by molar-refractivity contribution is -0.143. The SMILES string of the molecule is O=C(C1CO[C](c2conn2)[CH]C1c1nc(-c2n[nH]c(C3(c4conn4)CCO3)c2Cl)co1)N1CCCCC1c1nocc1N1CCCC1. The molecule has 0 aromatic carbocycles. The van der Waals surface area contributed by atoms with E-state index in [1.165, 1.54) is 18.8 Å². The molecule has 9 heterocycles. The van der Waals surface area contributed by atoms with Crippen LogP contribution in [0.1, 0.15) is 79.2 Å². The minimum absolute atomic E-state index is 0.0554. The molecule has 4 aliphatic heterocycles. The fourth-order valence-corrected chi connectivity index (χ4v) is 7.69. The molecule has 4 unspecified atom stereocenters. The molecular weight excluding hydrogens is 660 g/mol. The van der Waals surface area contributed by atoms with Gasteiger partial charge in [-0.25, -0.2) is 4.98 Å². The Hall–Kier alpha value is -4.61. The largest absolute Gasteiger partial charge is 0.448 e. The lowest BCUT2D eigenvalue weighted by Crippen LogP contribution is -2.47. The average Bonchev–Trinajstić information content (AvgIpc) is 3.96. The molecule has 4 aliphatic rings. The van der Waals surface area contributed by atoms with Crippen molar-refractivity contribution in [3.8, 4) is 11.4 Å². The second-order valence-corrected chi connectivity index (χ2v) is 13.0. The first-order valence-corrected chi connectivity index (χ1v) is 16.7. The standard InChI is InChI=1S/C31H31ClN10O7/c32-25-26(36-37-28(25)31(6-10-46-31)24-16-49-40-35-24)20-13-45-29(33-20)17-11-23(19-14-48-39-34-19)44-12-18(17)30(43)42-9-2-1-5-21(42)27-22(15-47-38-27)41-7-3-4-8-41/h11,13-18,21H,1-10,12H2,(H,36,37). The molecule has 0 spiro atoms. The van der Waals surface area contributed by atoms with E-state index in [0.717, 1.165) is 56.6 Å². The van der Waals surface area contributed by atoms with E-state index in [1.807, 2.05) is 4.90 Å². The van der Waals surface area contributed by atoms with Crippen molar-refractivity contribution >= 4 is 23.2 Å². The van der Waals surface area contributed by atoms with E-state index >= 15 is 0 Å². The summed E-state index contributed by atoms with van der Waals surface area (Å²) in [5.74, 6) is -1.10. The molecule has 5 aromatic rings. The minimum atomic E-state index is -0.958. The first-order chi connectivity index (χ1) is 24.1. The highest BCUT2D eigenvalue weighted by Crippen LogP contribution is 2.47. The quantitative estimate of drug-likeness (QED) is 0.245. The molecule has 0 aliphatic carbocycles. The summed E-state index contributed by atoms with van der Waals surface area (Å²) in [6.45, 7) is 3.03. The molecule has 4 saturated heterocycles. The van der Waals surface area contributed by atoms with Gasteiger partial charge in [0.2, 0.25) is 5.91 Å². The predicted octanol–water partition coefficient (Wildman–Crippen LogP) is 4.00. The number of carbonyl (C=O) groups excluding carboxylic acids is 1. The molecule has 0 saturated carbocycles. The summed E-state index contributed by atoms with van der Waals surface area (Å²) in [5.41, 5.74) is 2.91. The molecule has 4 atom stereocenters. The van der Waals surface area contributed by atoms with Crippen molar-refractivity contribution in [2.75, 3.05) is 37.7 Å². The van der Waals surface area contributed by atoms with Gasteiger partial charge in [0.15, 0.2) is 30.1 Å². The maximum atomic E-state index is 14.6. The van der Waals surface area contributed by atoms with Crippen molar-refractivity contribution < 1.29 is 32.3 Å². The maximum Gasteiger partial charge on any atom is 0.229 e. The van der Waals surface area contributed by atoms with Gasteiger partial charge in [0, 0.05) is 43.0 Å². The van der Waals surface area contributed by atoms with Crippen LogP contribution < -0.4 is 4.90 Å². The van der Waals surface area contributed by atoms with Crippen LogP contribution in [0.3, 0.4) is 0 Å². The Morgan fingerprint density at radius 3 is 2.59 bits per heavy atom. The number of likely N-dealkylation sites (tertiary alicyclic amines) is 1. The van der Waals surface area contributed by atoms with Crippen LogP contribution in [0.15, 0.2) is 43.0 Å². The minimum Gasteiger partial charge on any atom is -0.448 e. The van der Waals surface area contributed by atoms with E-state index in [4.69, 9.17) is 44.0 Å². The van der Waals surface area contributed by atoms with Gasteiger partial charge in [-0.15, -0.1) is 10.2 Å². The number of carbonyl (C=O) groups is 1. The second kappa shape index (κ2) is 12.4. The smallest absolute Gasteiger partial charge is 0.229 e. The number of rotatable bonds is 8. The summed E-state index contributed by atoms with van der Waals surface area (Å²) in [7, 11) is 0. The summed E-state index contributed by atoms with van der Waals surface area (Å²) in [5, 5.41) is 27.4. The van der Waals surface area contributed by atoms with Gasteiger partial charge in [0.1, 0.15) is 46.7 Å². The lowest BCUT2D eigenvalue weighted by atomic mass is 9.82. The Bertz CT molecular complexity index is 1900. The average molecular weight is 691 g/mol. The molecule has 4 fully saturated rings. The molecule has 9 rings (SSSR count). The van der Waals surface area contributed by atoms with Gasteiger partial charge < -0.3 is 37.3 Å². The zero-order valence-electron chi connectivity index (χ0n) is 26.2. The number of aromatic amines is 1. The van der Waals surface area contributed by atoms with Crippen molar-refractivity contribution in [2.24, 2.45) is 5.92 Å². The van der Waals surface area contributed by atoms with E-state index in [1.54, 1.807) is 12.7 Å². The topological polar surface area (TPSA) is 201 Å². The molecule has 0 bridgehead atoms. The van der Waals surface area contributed by atoms with Crippen LogP contribution in [0.25, 0.3) is 11.4 Å². The number of hydrogen-bond donors (Lipinski definition) is 1. The van der Waals surface area contributed by atoms with Gasteiger partial charge in [-0.1, -0.05) is 16.8 Å². The zero-order valence-corrected chi connectivity index (χ0v) is 26.9. The Labute approximate surface area is 283 Å². The number of nitrogens with zero attached hydrogens (tertiary/aromatic N) is 9.